The molecule has 2 N–H and O–H groups in total. The molecular weight excluding hydrogens is 276 g/mol. The molecule has 0 saturated heterocycles. The summed E-state index contributed by atoms with van der Waals surface area (Å²) in [5, 5.41) is 4.41. The van der Waals surface area contributed by atoms with E-state index in [1.54, 1.807) is 0 Å². The van der Waals surface area contributed by atoms with E-state index in [2.05, 4.69) is 28.5 Å². The molecule has 2 aromatic carbocycles. The van der Waals surface area contributed by atoms with Crippen LogP contribution in [0.1, 0.15) is 12.0 Å². The first-order valence-electron chi connectivity index (χ1n) is 7.42. The van der Waals surface area contributed by atoms with Crippen molar-refractivity contribution in [2.45, 2.75) is 19.1 Å². The van der Waals surface area contributed by atoms with E-state index < -0.39 is 0 Å². The van der Waals surface area contributed by atoms with Gasteiger partial charge in [0.1, 0.15) is 5.75 Å². The van der Waals surface area contributed by atoms with Crippen molar-refractivity contribution in [3.63, 3.8) is 0 Å². The molecular formula is C18H16N2O2. The maximum absolute atomic E-state index is 11.4. The van der Waals surface area contributed by atoms with Gasteiger partial charge in [0.05, 0.1) is 5.52 Å². The minimum atomic E-state index is -0.102. The Morgan fingerprint density at radius 2 is 1.91 bits per heavy atom. The first-order valence-corrected chi connectivity index (χ1v) is 7.42. The molecule has 4 heteroatoms. The van der Waals surface area contributed by atoms with Crippen LogP contribution in [0.4, 0.5) is 5.69 Å². The van der Waals surface area contributed by atoms with Crippen LogP contribution in [0.15, 0.2) is 59.4 Å². The van der Waals surface area contributed by atoms with Crippen molar-refractivity contribution in [3.05, 3.63) is 70.5 Å². The van der Waals surface area contributed by atoms with Gasteiger partial charge in [-0.05, 0) is 41.6 Å². The van der Waals surface area contributed by atoms with E-state index in [1.807, 2.05) is 30.3 Å². The lowest BCUT2D eigenvalue weighted by Gasteiger charge is -2.27. The molecule has 4 nitrogen and oxygen atoms in total. The zero-order valence-electron chi connectivity index (χ0n) is 12.0. The average Bonchev–Trinajstić information content (AvgIpc) is 2.54. The number of H-pyrrole nitrogens is 1. The molecule has 0 aliphatic carbocycles. The Bertz CT molecular complexity index is 885. The van der Waals surface area contributed by atoms with Crippen LogP contribution in [0.25, 0.3) is 10.9 Å². The Balaban J connectivity index is 1.58. The molecule has 2 heterocycles. The van der Waals surface area contributed by atoms with Gasteiger partial charge in [0.2, 0.25) is 5.56 Å². The SMILES string of the molecule is O=c1ccc2ccc(OC3CCc4ccccc4N3)cc2[nH]1. The van der Waals surface area contributed by atoms with Crippen LogP contribution in [0, 0.1) is 0 Å². The lowest BCUT2D eigenvalue weighted by atomic mass is 10.0. The number of aromatic amines is 1. The van der Waals surface area contributed by atoms with E-state index in [-0.39, 0.29) is 11.8 Å². The lowest BCUT2D eigenvalue weighted by Crippen LogP contribution is -2.30. The molecule has 0 spiro atoms. The predicted octanol–water partition coefficient (Wildman–Crippen LogP) is 3.29. The van der Waals surface area contributed by atoms with Crippen molar-refractivity contribution in [3.8, 4) is 5.75 Å². The summed E-state index contributed by atoms with van der Waals surface area (Å²) in [6, 6.07) is 17.4. The van der Waals surface area contributed by atoms with E-state index in [1.165, 1.54) is 11.6 Å². The molecule has 110 valence electrons. The Hall–Kier alpha value is -2.75. The molecule has 1 aliphatic rings. The normalized spacial score (nSPS) is 16.8. The number of fused-ring (bicyclic) bond motifs is 2. The number of aromatic nitrogens is 1. The summed E-state index contributed by atoms with van der Waals surface area (Å²) in [5.41, 5.74) is 3.15. The fourth-order valence-corrected chi connectivity index (χ4v) is 2.87. The number of hydrogen-bond donors (Lipinski definition) is 2. The van der Waals surface area contributed by atoms with Crippen LogP contribution in [0.3, 0.4) is 0 Å². The second kappa shape index (κ2) is 5.22. The average molecular weight is 292 g/mol. The quantitative estimate of drug-likeness (QED) is 0.762. The van der Waals surface area contributed by atoms with Gasteiger partial charge in [-0.25, -0.2) is 0 Å². The minimum Gasteiger partial charge on any atom is -0.471 e. The van der Waals surface area contributed by atoms with Crippen LogP contribution in [-0.2, 0) is 6.42 Å². The summed E-state index contributed by atoms with van der Waals surface area (Å²) >= 11 is 0. The number of pyridine rings is 1. The van der Waals surface area contributed by atoms with E-state index in [0.29, 0.717) is 0 Å². The number of nitrogens with one attached hydrogen (secondary N) is 2. The highest BCUT2D eigenvalue weighted by Gasteiger charge is 2.18. The minimum absolute atomic E-state index is 0.0530. The molecule has 0 saturated carbocycles. The van der Waals surface area contributed by atoms with E-state index in [9.17, 15) is 4.79 Å². The number of ether oxygens (including phenoxy) is 1. The van der Waals surface area contributed by atoms with Crippen molar-refractivity contribution >= 4 is 16.6 Å². The van der Waals surface area contributed by atoms with Crippen molar-refractivity contribution in [1.82, 2.24) is 4.98 Å². The third-order valence-electron chi connectivity index (χ3n) is 3.98. The Labute approximate surface area is 127 Å². The molecule has 4 rings (SSSR count). The fraction of sp³-hybridized carbons (Fsp3) is 0.167. The van der Waals surface area contributed by atoms with E-state index in [0.717, 1.165) is 35.2 Å². The van der Waals surface area contributed by atoms with Gasteiger partial charge in [-0.1, -0.05) is 18.2 Å². The van der Waals surface area contributed by atoms with Crippen molar-refractivity contribution in [2.75, 3.05) is 5.32 Å². The number of rotatable bonds is 2. The van der Waals surface area contributed by atoms with E-state index in [4.69, 9.17) is 4.74 Å². The van der Waals surface area contributed by atoms with Crippen molar-refractivity contribution < 1.29 is 4.74 Å². The summed E-state index contributed by atoms with van der Waals surface area (Å²) in [7, 11) is 0. The van der Waals surface area contributed by atoms with Gasteiger partial charge in [0, 0.05) is 24.2 Å². The molecule has 1 atom stereocenters. The fourth-order valence-electron chi connectivity index (χ4n) is 2.87. The monoisotopic (exact) mass is 292 g/mol. The number of benzene rings is 2. The number of anilines is 1. The molecule has 0 bridgehead atoms. The molecule has 0 amide bonds. The molecule has 3 aromatic rings. The third-order valence-corrected chi connectivity index (χ3v) is 3.98. The number of hydrogen-bond acceptors (Lipinski definition) is 3. The van der Waals surface area contributed by atoms with Gasteiger partial charge in [-0.3, -0.25) is 4.79 Å². The topological polar surface area (TPSA) is 54.1 Å². The molecule has 22 heavy (non-hydrogen) atoms. The van der Waals surface area contributed by atoms with Gasteiger partial charge in [-0.2, -0.15) is 0 Å². The van der Waals surface area contributed by atoms with Gasteiger partial charge in [0.15, 0.2) is 6.23 Å². The van der Waals surface area contributed by atoms with Gasteiger partial charge in [-0.15, -0.1) is 0 Å². The maximum atomic E-state index is 11.4. The van der Waals surface area contributed by atoms with Crippen LogP contribution in [0.5, 0.6) is 5.75 Å². The molecule has 0 radical (unpaired) electrons. The molecule has 1 aliphatic heterocycles. The highest BCUT2D eigenvalue weighted by molar-refractivity contribution is 5.79. The molecule has 0 fully saturated rings. The van der Waals surface area contributed by atoms with E-state index >= 15 is 0 Å². The Morgan fingerprint density at radius 3 is 2.86 bits per heavy atom. The third kappa shape index (κ3) is 2.44. The van der Waals surface area contributed by atoms with Crippen LogP contribution >= 0.6 is 0 Å². The van der Waals surface area contributed by atoms with Crippen LogP contribution in [-0.4, -0.2) is 11.2 Å². The Morgan fingerprint density at radius 1 is 1.05 bits per heavy atom. The predicted molar refractivity (Wildman–Crippen MR) is 87.4 cm³/mol. The summed E-state index contributed by atoms with van der Waals surface area (Å²) in [6.45, 7) is 0. The first kappa shape index (κ1) is 13.0. The summed E-state index contributed by atoms with van der Waals surface area (Å²) in [4.78, 5) is 14.2. The standard InChI is InChI=1S/C18H16N2O2/c21-17-9-6-13-5-8-14(11-16(13)19-17)22-18-10-7-12-3-1-2-4-15(12)20-18/h1-6,8-9,11,18,20H,7,10H2,(H,19,21). The number of para-hydroxylation sites is 1. The first-order chi connectivity index (χ1) is 10.8. The van der Waals surface area contributed by atoms with Gasteiger partial charge < -0.3 is 15.0 Å². The number of aryl methyl sites for hydroxylation is 1. The van der Waals surface area contributed by atoms with Crippen LogP contribution < -0.4 is 15.6 Å². The summed E-state index contributed by atoms with van der Waals surface area (Å²) in [6.07, 6.45) is 1.86. The zero-order valence-corrected chi connectivity index (χ0v) is 12.0. The summed E-state index contributed by atoms with van der Waals surface area (Å²) < 4.78 is 6.03. The Kier molecular flexibility index (Phi) is 3.07. The molecule has 1 aromatic heterocycles. The smallest absolute Gasteiger partial charge is 0.248 e. The maximum Gasteiger partial charge on any atom is 0.248 e. The van der Waals surface area contributed by atoms with Crippen molar-refractivity contribution in [1.29, 1.82) is 0 Å². The summed E-state index contributed by atoms with van der Waals surface area (Å²) in [5.74, 6) is 0.756. The second-order valence-corrected chi connectivity index (χ2v) is 5.52. The second-order valence-electron chi connectivity index (χ2n) is 5.52. The largest absolute Gasteiger partial charge is 0.471 e. The lowest BCUT2D eigenvalue weighted by molar-refractivity contribution is 0.215. The highest BCUT2D eigenvalue weighted by atomic mass is 16.5. The zero-order chi connectivity index (χ0) is 14.9. The van der Waals surface area contributed by atoms with Crippen molar-refractivity contribution in [2.24, 2.45) is 0 Å². The van der Waals surface area contributed by atoms with Gasteiger partial charge in [0.25, 0.3) is 0 Å². The van der Waals surface area contributed by atoms with Crippen LogP contribution in [0.2, 0.25) is 0 Å². The van der Waals surface area contributed by atoms with Gasteiger partial charge >= 0.3 is 0 Å². The molecule has 1 unspecified atom stereocenters. The highest BCUT2D eigenvalue weighted by Crippen LogP contribution is 2.26.